The van der Waals surface area contributed by atoms with E-state index in [4.69, 9.17) is 0 Å². The minimum absolute atomic E-state index is 0.0946. The third-order valence-corrected chi connectivity index (χ3v) is 3.51. The molecule has 0 aromatic heterocycles. The fraction of sp³-hybridized carbons (Fsp3) is 0.923. The number of rotatable bonds is 6. The van der Waals surface area contributed by atoms with Gasteiger partial charge in [-0.3, -0.25) is 4.79 Å². The molecule has 3 unspecified atom stereocenters. The first-order valence-electron chi connectivity index (χ1n) is 6.84. The quantitative estimate of drug-likeness (QED) is 0.655. The summed E-state index contributed by atoms with van der Waals surface area (Å²) in [5, 5.41) is 16.0. The summed E-state index contributed by atoms with van der Waals surface area (Å²) in [6.07, 6.45) is 5.42. The molecule has 3 atom stereocenters. The van der Waals surface area contributed by atoms with Gasteiger partial charge in [0.2, 0.25) is 5.91 Å². The van der Waals surface area contributed by atoms with Crippen molar-refractivity contribution in [3.63, 3.8) is 0 Å². The number of hydrogen-bond donors (Lipinski definition) is 3. The Morgan fingerprint density at radius 3 is 2.76 bits per heavy atom. The van der Waals surface area contributed by atoms with Crippen LogP contribution in [0.25, 0.3) is 0 Å². The highest BCUT2D eigenvalue weighted by Crippen LogP contribution is 2.18. The smallest absolute Gasteiger partial charge is 0.221 e. The second-order valence-corrected chi connectivity index (χ2v) is 5.04. The molecule has 0 saturated heterocycles. The number of aliphatic hydroxyl groups excluding tert-OH is 1. The van der Waals surface area contributed by atoms with Gasteiger partial charge in [-0.25, -0.2) is 0 Å². The van der Waals surface area contributed by atoms with Crippen LogP contribution < -0.4 is 10.6 Å². The molecule has 3 N–H and O–H groups in total. The molecule has 0 aliphatic heterocycles. The van der Waals surface area contributed by atoms with Crippen LogP contribution >= 0.6 is 0 Å². The molecular weight excluding hydrogens is 216 g/mol. The minimum Gasteiger partial charge on any atom is -0.392 e. The van der Waals surface area contributed by atoms with Crippen molar-refractivity contribution in [2.24, 2.45) is 0 Å². The van der Waals surface area contributed by atoms with E-state index in [1.807, 2.05) is 6.92 Å². The van der Waals surface area contributed by atoms with E-state index in [1.54, 1.807) is 0 Å². The van der Waals surface area contributed by atoms with Gasteiger partial charge in [-0.05, 0) is 26.2 Å². The van der Waals surface area contributed by atoms with Gasteiger partial charge in [-0.2, -0.15) is 0 Å². The highest BCUT2D eigenvalue weighted by Gasteiger charge is 2.22. The molecule has 4 nitrogen and oxygen atoms in total. The van der Waals surface area contributed by atoms with Gasteiger partial charge in [0.1, 0.15) is 0 Å². The first kappa shape index (κ1) is 14.5. The van der Waals surface area contributed by atoms with Gasteiger partial charge < -0.3 is 15.7 Å². The fourth-order valence-electron chi connectivity index (χ4n) is 2.17. The summed E-state index contributed by atoms with van der Waals surface area (Å²) in [6.45, 7) is 4.72. The molecule has 1 aliphatic rings. The van der Waals surface area contributed by atoms with Crippen molar-refractivity contribution in [2.75, 3.05) is 6.54 Å². The van der Waals surface area contributed by atoms with Crippen LogP contribution in [0, 0.1) is 0 Å². The summed E-state index contributed by atoms with van der Waals surface area (Å²) in [6, 6.07) is 0.433. The van der Waals surface area contributed by atoms with Crippen LogP contribution in [0.3, 0.4) is 0 Å². The molecule has 1 fully saturated rings. The number of carbonyl (C=O) groups excluding carboxylic acids is 1. The molecule has 1 amide bonds. The molecule has 1 saturated carbocycles. The van der Waals surface area contributed by atoms with Crippen LogP contribution in [0.15, 0.2) is 0 Å². The Labute approximate surface area is 104 Å². The summed E-state index contributed by atoms with van der Waals surface area (Å²) in [5.74, 6) is 0.0946. The SMILES string of the molecule is CCC(C)NC(=O)CCNC1CCCCC1O. The van der Waals surface area contributed by atoms with Gasteiger partial charge in [0.15, 0.2) is 0 Å². The van der Waals surface area contributed by atoms with E-state index < -0.39 is 0 Å². The molecule has 0 spiro atoms. The lowest BCUT2D eigenvalue weighted by Gasteiger charge is -2.28. The predicted octanol–water partition coefficient (Wildman–Crippen LogP) is 1.18. The Balaban J connectivity index is 2.12. The van der Waals surface area contributed by atoms with Crippen LogP contribution in [0.2, 0.25) is 0 Å². The van der Waals surface area contributed by atoms with E-state index in [1.165, 1.54) is 6.42 Å². The largest absolute Gasteiger partial charge is 0.392 e. The van der Waals surface area contributed by atoms with E-state index in [0.717, 1.165) is 25.7 Å². The first-order valence-corrected chi connectivity index (χ1v) is 6.84. The van der Waals surface area contributed by atoms with Gasteiger partial charge in [-0.1, -0.05) is 19.8 Å². The van der Waals surface area contributed by atoms with Gasteiger partial charge in [0.25, 0.3) is 0 Å². The Morgan fingerprint density at radius 2 is 2.12 bits per heavy atom. The van der Waals surface area contributed by atoms with Crippen LogP contribution in [0.1, 0.15) is 52.4 Å². The summed E-state index contributed by atoms with van der Waals surface area (Å²) in [7, 11) is 0. The Morgan fingerprint density at radius 1 is 1.41 bits per heavy atom. The van der Waals surface area contributed by atoms with Crippen LogP contribution in [0.5, 0.6) is 0 Å². The normalized spacial score (nSPS) is 26.5. The van der Waals surface area contributed by atoms with Gasteiger partial charge in [-0.15, -0.1) is 0 Å². The van der Waals surface area contributed by atoms with Crippen molar-refractivity contribution in [3.8, 4) is 0 Å². The molecule has 1 rings (SSSR count). The van der Waals surface area contributed by atoms with E-state index in [-0.39, 0.29) is 24.1 Å². The standard InChI is InChI=1S/C13H26N2O2/c1-3-10(2)15-13(17)8-9-14-11-6-4-5-7-12(11)16/h10-12,14,16H,3-9H2,1-2H3,(H,15,17). The Kier molecular flexibility index (Phi) is 6.52. The molecule has 4 heteroatoms. The Bertz CT molecular complexity index is 233. The first-order chi connectivity index (χ1) is 8.13. The molecule has 0 bridgehead atoms. The molecule has 0 aromatic carbocycles. The van der Waals surface area contributed by atoms with E-state index in [2.05, 4.69) is 17.6 Å². The molecule has 0 radical (unpaired) electrons. The third kappa shape index (κ3) is 5.50. The van der Waals surface area contributed by atoms with E-state index in [9.17, 15) is 9.90 Å². The van der Waals surface area contributed by atoms with Crippen molar-refractivity contribution in [3.05, 3.63) is 0 Å². The maximum absolute atomic E-state index is 11.5. The van der Waals surface area contributed by atoms with Crippen LogP contribution in [-0.2, 0) is 4.79 Å². The molecule has 17 heavy (non-hydrogen) atoms. The average molecular weight is 242 g/mol. The second-order valence-electron chi connectivity index (χ2n) is 5.04. The van der Waals surface area contributed by atoms with Crippen molar-refractivity contribution in [1.29, 1.82) is 0 Å². The Hall–Kier alpha value is -0.610. The zero-order valence-corrected chi connectivity index (χ0v) is 11.0. The predicted molar refractivity (Wildman–Crippen MR) is 68.8 cm³/mol. The van der Waals surface area contributed by atoms with Gasteiger partial charge in [0.05, 0.1) is 6.10 Å². The third-order valence-electron chi connectivity index (χ3n) is 3.51. The number of aliphatic hydroxyl groups is 1. The van der Waals surface area contributed by atoms with Crippen molar-refractivity contribution in [2.45, 2.75) is 70.6 Å². The summed E-state index contributed by atoms with van der Waals surface area (Å²) >= 11 is 0. The van der Waals surface area contributed by atoms with Crippen LogP contribution in [0.4, 0.5) is 0 Å². The lowest BCUT2D eigenvalue weighted by Crippen LogP contribution is -2.43. The number of hydrogen-bond acceptors (Lipinski definition) is 3. The van der Waals surface area contributed by atoms with Crippen molar-refractivity contribution in [1.82, 2.24) is 10.6 Å². The second kappa shape index (κ2) is 7.67. The molecule has 0 heterocycles. The van der Waals surface area contributed by atoms with Gasteiger partial charge in [0, 0.05) is 25.0 Å². The topological polar surface area (TPSA) is 61.4 Å². The number of amides is 1. The zero-order valence-electron chi connectivity index (χ0n) is 11.0. The van der Waals surface area contributed by atoms with Gasteiger partial charge >= 0.3 is 0 Å². The summed E-state index contributed by atoms with van der Waals surface area (Å²) < 4.78 is 0. The highest BCUT2D eigenvalue weighted by molar-refractivity contribution is 5.76. The lowest BCUT2D eigenvalue weighted by atomic mass is 9.92. The van der Waals surface area contributed by atoms with Crippen LogP contribution in [-0.4, -0.2) is 35.7 Å². The number of carbonyl (C=O) groups is 1. The fourth-order valence-corrected chi connectivity index (χ4v) is 2.17. The lowest BCUT2D eigenvalue weighted by molar-refractivity contribution is -0.121. The molecule has 0 aromatic rings. The van der Waals surface area contributed by atoms with Crippen molar-refractivity contribution < 1.29 is 9.90 Å². The van der Waals surface area contributed by atoms with Crippen molar-refractivity contribution >= 4 is 5.91 Å². The van der Waals surface area contributed by atoms with E-state index >= 15 is 0 Å². The van der Waals surface area contributed by atoms with E-state index in [0.29, 0.717) is 13.0 Å². The highest BCUT2D eigenvalue weighted by atomic mass is 16.3. The molecule has 1 aliphatic carbocycles. The summed E-state index contributed by atoms with van der Waals surface area (Å²) in [4.78, 5) is 11.5. The maximum Gasteiger partial charge on any atom is 0.221 e. The zero-order chi connectivity index (χ0) is 12.7. The number of nitrogens with one attached hydrogen (secondary N) is 2. The minimum atomic E-state index is -0.235. The monoisotopic (exact) mass is 242 g/mol. The molecule has 100 valence electrons. The molecular formula is C13H26N2O2. The maximum atomic E-state index is 11.5. The summed E-state index contributed by atoms with van der Waals surface area (Å²) in [5.41, 5.74) is 0. The average Bonchev–Trinajstić information content (AvgIpc) is 2.31.